The first-order valence-electron chi connectivity index (χ1n) is 7.10. The lowest BCUT2D eigenvalue weighted by molar-refractivity contribution is -0.114. The number of nitrogens with two attached hydrogens (primary N) is 1. The van der Waals surface area contributed by atoms with Crippen LogP contribution >= 0.6 is 11.6 Å². The number of nitrogens with one attached hydrogen (secondary N) is 2. The topological polar surface area (TPSA) is 101 Å². The Hall–Kier alpha value is -1.22. The van der Waals surface area contributed by atoms with Gasteiger partial charge in [0, 0.05) is 25.1 Å². The van der Waals surface area contributed by atoms with Crippen LogP contribution in [0.4, 0.5) is 10.1 Å². The molecule has 130 valence electrons. The number of carbonyl (C=O) groups excluding carboxylic acids is 1. The number of hydrogen-bond donors (Lipinski definition) is 3. The van der Waals surface area contributed by atoms with Crippen molar-refractivity contribution in [1.82, 2.24) is 4.72 Å². The van der Waals surface area contributed by atoms with Crippen molar-refractivity contribution in [3.8, 4) is 0 Å². The van der Waals surface area contributed by atoms with Gasteiger partial charge in [-0.15, -0.1) is 0 Å². The van der Waals surface area contributed by atoms with Gasteiger partial charge in [0.1, 0.15) is 10.7 Å². The van der Waals surface area contributed by atoms with E-state index in [1.54, 1.807) is 0 Å². The van der Waals surface area contributed by atoms with Gasteiger partial charge in [0.2, 0.25) is 15.9 Å². The van der Waals surface area contributed by atoms with E-state index in [2.05, 4.69) is 10.0 Å². The Bertz CT molecular complexity index is 691. The van der Waals surface area contributed by atoms with Crippen molar-refractivity contribution in [3.63, 3.8) is 0 Å². The van der Waals surface area contributed by atoms with Crippen LogP contribution in [0, 0.1) is 5.82 Å². The van der Waals surface area contributed by atoms with Crippen LogP contribution in [-0.4, -0.2) is 26.4 Å². The fraction of sp³-hybridized carbons (Fsp3) is 0.500. The number of hydrogen-bond acceptors (Lipinski definition) is 4. The summed E-state index contributed by atoms with van der Waals surface area (Å²) in [7, 11) is -4.11. The second-order valence-electron chi connectivity index (χ2n) is 5.34. The number of rotatable bonds is 7. The molecule has 0 atom stereocenters. The Morgan fingerprint density at radius 3 is 2.39 bits per heavy atom. The molecule has 6 nitrogen and oxygen atoms in total. The first-order valence-corrected chi connectivity index (χ1v) is 8.96. The van der Waals surface area contributed by atoms with E-state index in [9.17, 15) is 17.6 Å². The quantitative estimate of drug-likeness (QED) is 0.689. The third-order valence-electron chi connectivity index (χ3n) is 3.64. The van der Waals surface area contributed by atoms with Crippen LogP contribution in [0.25, 0.3) is 0 Å². The summed E-state index contributed by atoms with van der Waals surface area (Å²) in [4.78, 5) is 10.4. The van der Waals surface area contributed by atoms with E-state index in [1.807, 2.05) is 13.8 Å². The third-order valence-corrected chi connectivity index (χ3v) is 5.37. The van der Waals surface area contributed by atoms with Crippen molar-refractivity contribution in [2.45, 2.75) is 44.0 Å². The summed E-state index contributed by atoms with van der Waals surface area (Å²) in [5, 5.41) is 2.24. The minimum atomic E-state index is -4.11. The maximum Gasteiger partial charge on any atom is 0.243 e. The van der Waals surface area contributed by atoms with Gasteiger partial charge in [-0.3, -0.25) is 4.79 Å². The van der Waals surface area contributed by atoms with Gasteiger partial charge >= 0.3 is 0 Å². The highest BCUT2D eigenvalue weighted by Gasteiger charge is 2.26. The van der Waals surface area contributed by atoms with Gasteiger partial charge < -0.3 is 11.1 Å². The van der Waals surface area contributed by atoms with Gasteiger partial charge in [0.05, 0.1) is 10.7 Å². The van der Waals surface area contributed by atoms with Crippen molar-refractivity contribution < 1.29 is 17.6 Å². The van der Waals surface area contributed by atoms with Crippen molar-refractivity contribution in [2.75, 3.05) is 11.9 Å². The van der Waals surface area contributed by atoms with Crippen molar-refractivity contribution in [2.24, 2.45) is 5.73 Å². The number of carbonyl (C=O) groups is 1. The van der Waals surface area contributed by atoms with Crippen LogP contribution in [0.2, 0.25) is 5.02 Å². The van der Waals surface area contributed by atoms with E-state index in [0.717, 1.165) is 12.1 Å². The predicted molar refractivity (Wildman–Crippen MR) is 88.4 cm³/mol. The zero-order valence-electron chi connectivity index (χ0n) is 13.2. The molecule has 0 saturated heterocycles. The van der Waals surface area contributed by atoms with Gasteiger partial charge in [0.15, 0.2) is 0 Å². The Balaban J connectivity index is 3.10. The first kappa shape index (κ1) is 19.8. The van der Waals surface area contributed by atoms with Crippen molar-refractivity contribution in [3.05, 3.63) is 23.0 Å². The molecule has 4 N–H and O–H groups in total. The number of halogens is 2. The largest absolute Gasteiger partial charge is 0.325 e. The van der Waals surface area contributed by atoms with E-state index in [4.69, 9.17) is 17.3 Å². The van der Waals surface area contributed by atoms with Gasteiger partial charge in [-0.2, -0.15) is 0 Å². The van der Waals surface area contributed by atoms with E-state index >= 15 is 0 Å². The monoisotopic (exact) mass is 365 g/mol. The molecule has 0 heterocycles. The highest BCUT2D eigenvalue weighted by atomic mass is 35.5. The van der Waals surface area contributed by atoms with Crippen LogP contribution in [0.5, 0.6) is 0 Å². The molecule has 1 aromatic carbocycles. The van der Waals surface area contributed by atoms with Crippen molar-refractivity contribution in [1.29, 1.82) is 0 Å². The maximum absolute atomic E-state index is 14.1. The molecule has 0 unspecified atom stereocenters. The molecule has 9 heteroatoms. The second-order valence-corrected chi connectivity index (χ2v) is 7.48. The molecule has 23 heavy (non-hydrogen) atoms. The zero-order valence-corrected chi connectivity index (χ0v) is 14.8. The fourth-order valence-corrected chi connectivity index (χ4v) is 3.33. The van der Waals surface area contributed by atoms with Crippen LogP contribution < -0.4 is 15.8 Å². The molecule has 0 fully saturated rings. The molecule has 0 saturated carbocycles. The van der Waals surface area contributed by atoms with Crippen LogP contribution in [-0.2, 0) is 14.8 Å². The predicted octanol–water partition coefficient (Wildman–Crippen LogP) is 2.23. The maximum atomic E-state index is 14.1. The Morgan fingerprint density at radius 1 is 1.35 bits per heavy atom. The average molecular weight is 366 g/mol. The van der Waals surface area contributed by atoms with Gasteiger partial charge in [0.25, 0.3) is 0 Å². The number of anilines is 1. The normalized spacial score (nSPS) is 12.3. The molecule has 0 spiro atoms. The summed E-state index contributed by atoms with van der Waals surface area (Å²) in [6.07, 6.45) is 1.13. The Morgan fingerprint density at radius 2 is 1.91 bits per heavy atom. The fourth-order valence-electron chi connectivity index (χ4n) is 1.84. The molecule has 0 aliphatic carbocycles. The molecular weight excluding hydrogens is 345 g/mol. The van der Waals surface area contributed by atoms with Gasteiger partial charge in [-0.25, -0.2) is 17.5 Å². The van der Waals surface area contributed by atoms with E-state index in [0.29, 0.717) is 12.8 Å². The second kappa shape index (κ2) is 7.57. The Kier molecular flexibility index (Phi) is 6.52. The molecule has 0 aromatic heterocycles. The summed E-state index contributed by atoms with van der Waals surface area (Å²) in [6.45, 7) is 4.90. The molecule has 0 aliphatic heterocycles. The molecule has 0 aliphatic rings. The lowest BCUT2D eigenvalue weighted by atomic mass is 9.95. The molecule has 0 radical (unpaired) electrons. The smallest absolute Gasteiger partial charge is 0.243 e. The van der Waals surface area contributed by atoms with Gasteiger partial charge in [-0.1, -0.05) is 25.4 Å². The highest BCUT2D eigenvalue weighted by molar-refractivity contribution is 7.89. The number of sulfonamides is 1. The van der Waals surface area contributed by atoms with Crippen LogP contribution in [0.3, 0.4) is 0 Å². The summed E-state index contributed by atoms with van der Waals surface area (Å²) in [5.74, 6) is -1.46. The van der Waals surface area contributed by atoms with Crippen molar-refractivity contribution >= 4 is 33.2 Å². The lowest BCUT2D eigenvalue weighted by Crippen LogP contribution is -2.49. The molecular formula is C14H21ClFN3O3S. The zero-order chi connectivity index (χ0) is 17.8. The molecule has 0 bridgehead atoms. The van der Waals surface area contributed by atoms with E-state index < -0.39 is 32.2 Å². The number of amides is 1. The summed E-state index contributed by atoms with van der Waals surface area (Å²) in [6, 6.07) is 1.83. The Labute approximate surface area is 140 Å². The molecule has 1 amide bonds. The minimum Gasteiger partial charge on any atom is -0.325 e. The molecule has 1 rings (SSSR count). The minimum absolute atomic E-state index is 0.00547. The van der Waals surface area contributed by atoms with Crippen LogP contribution in [0.15, 0.2) is 17.0 Å². The summed E-state index contributed by atoms with van der Waals surface area (Å²) >= 11 is 5.90. The first-order chi connectivity index (χ1) is 10.5. The third kappa shape index (κ3) is 5.13. The molecule has 1 aromatic rings. The van der Waals surface area contributed by atoms with E-state index in [-0.39, 0.29) is 17.3 Å². The summed E-state index contributed by atoms with van der Waals surface area (Å²) < 4.78 is 40.9. The lowest BCUT2D eigenvalue weighted by Gasteiger charge is -2.26. The highest BCUT2D eigenvalue weighted by Crippen LogP contribution is 2.28. The van der Waals surface area contributed by atoms with E-state index in [1.165, 1.54) is 6.92 Å². The average Bonchev–Trinajstić information content (AvgIpc) is 2.47. The van der Waals surface area contributed by atoms with Gasteiger partial charge in [-0.05, 0) is 18.9 Å². The summed E-state index contributed by atoms with van der Waals surface area (Å²) in [5.41, 5.74) is 5.34. The standard InChI is InChI=1S/C14H21ClFN3O3S/c1-4-14(17,5-2)8-18-23(21,22)13-6-10(15)12(7-11(13)16)19-9(3)20/h6-7,18H,4-5,8,17H2,1-3H3,(H,19,20). The van der Waals surface area contributed by atoms with Crippen LogP contribution in [0.1, 0.15) is 33.6 Å². The number of benzene rings is 1. The SMILES string of the molecule is CCC(N)(CC)CNS(=O)(=O)c1cc(Cl)c(NC(C)=O)cc1F.